The largest absolute Gasteiger partial charge is 0.493 e. The van der Waals surface area contributed by atoms with Crippen LogP contribution in [0.4, 0.5) is 0 Å². The van der Waals surface area contributed by atoms with Crippen LogP contribution in [0.1, 0.15) is 0 Å². The van der Waals surface area contributed by atoms with Crippen LogP contribution in [-0.2, 0) is 6.54 Å². The number of nitrogens with zero attached hydrogens (tertiary/aromatic N) is 1. The smallest absolute Gasteiger partial charge is 0.161 e. The first-order valence-electron chi connectivity index (χ1n) is 16.2. The second-order valence-electron chi connectivity index (χ2n) is 11.8. The normalized spacial score (nSPS) is 12.9. The van der Waals surface area contributed by atoms with Crippen LogP contribution in [0, 0.1) is 0 Å². The van der Waals surface area contributed by atoms with Crippen molar-refractivity contribution in [2.75, 3.05) is 40.0 Å². The summed E-state index contributed by atoms with van der Waals surface area (Å²) >= 11 is 0. The molecular formula is C39H39N3O6. The zero-order chi connectivity index (χ0) is 32.9. The molecule has 5 aromatic carbocycles. The summed E-state index contributed by atoms with van der Waals surface area (Å²) in [5.41, 5.74) is 3.97. The number of nitrogens with one attached hydrogen (secondary N) is 2. The van der Waals surface area contributed by atoms with E-state index in [2.05, 4.69) is 27.0 Å². The molecule has 7 rings (SSSR count). The van der Waals surface area contributed by atoms with E-state index in [-0.39, 0.29) is 13.2 Å². The van der Waals surface area contributed by atoms with E-state index in [1.54, 1.807) is 7.11 Å². The molecule has 2 heterocycles. The lowest BCUT2D eigenvalue weighted by molar-refractivity contribution is 0.0952. The van der Waals surface area contributed by atoms with Gasteiger partial charge >= 0.3 is 0 Å². The van der Waals surface area contributed by atoms with E-state index >= 15 is 0 Å². The number of benzene rings is 5. The lowest BCUT2D eigenvalue weighted by Gasteiger charge is -2.16. The van der Waals surface area contributed by atoms with Gasteiger partial charge in [-0.25, -0.2) is 0 Å². The lowest BCUT2D eigenvalue weighted by Crippen LogP contribution is -2.33. The summed E-state index contributed by atoms with van der Waals surface area (Å²) in [6.45, 7) is 1.93. The van der Waals surface area contributed by atoms with Crippen LogP contribution in [0.25, 0.3) is 43.6 Å². The van der Waals surface area contributed by atoms with E-state index in [1.807, 2.05) is 97.1 Å². The van der Waals surface area contributed by atoms with Gasteiger partial charge < -0.3 is 44.0 Å². The number of H-pyrrole nitrogens is 1. The maximum Gasteiger partial charge on any atom is 0.161 e. The van der Waals surface area contributed by atoms with Crippen molar-refractivity contribution >= 4 is 43.6 Å². The maximum absolute atomic E-state index is 11.3. The number of rotatable bonds is 15. The van der Waals surface area contributed by atoms with Gasteiger partial charge in [-0.05, 0) is 48.5 Å². The van der Waals surface area contributed by atoms with Crippen molar-refractivity contribution in [3.8, 4) is 23.0 Å². The Bertz CT molecular complexity index is 2160. The summed E-state index contributed by atoms with van der Waals surface area (Å²) in [7, 11) is 1.61. The Kier molecular flexibility index (Phi) is 9.33. The van der Waals surface area contributed by atoms with Crippen LogP contribution in [-0.4, -0.2) is 72.0 Å². The van der Waals surface area contributed by atoms with Gasteiger partial charge in [0.15, 0.2) is 11.5 Å². The lowest BCUT2D eigenvalue weighted by atomic mass is 10.1. The maximum atomic E-state index is 11.3. The Morgan fingerprint density at radius 1 is 0.625 bits per heavy atom. The molecule has 9 nitrogen and oxygen atoms in total. The van der Waals surface area contributed by atoms with Gasteiger partial charge in [0, 0.05) is 45.7 Å². The molecule has 0 aliphatic heterocycles. The molecule has 0 aliphatic rings. The van der Waals surface area contributed by atoms with E-state index in [1.165, 1.54) is 0 Å². The Balaban J connectivity index is 1.00. The van der Waals surface area contributed by atoms with Crippen LogP contribution < -0.4 is 24.3 Å². The Labute approximate surface area is 278 Å². The molecule has 7 aromatic rings. The van der Waals surface area contributed by atoms with Gasteiger partial charge in [0.25, 0.3) is 0 Å². The highest BCUT2D eigenvalue weighted by Gasteiger charge is 2.19. The summed E-state index contributed by atoms with van der Waals surface area (Å²) in [4.78, 5) is 3.44. The minimum atomic E-state index is -0.770. The van der Waals surface area contributed by atoms with Crippen molar-refractivity contribution in [1.29, 1.82) is 0 Å². The van der Waals surface area contributed by atoms with Gasteiger partial charge in [-0.15, -0.1) is 0 Å². The number of aliphatic hydroxyl groups excluding tert-OH is 2. The third kappa shape index (κ3) is 6.48. The van der Waals surface area contributed by atoms with Gasteiger partial charge in [-0.2, -0.15) is 0 Å². The SMILES string of the molecule is COc1ccccc1OCCNC[C@@H](O)COc1cccc2c1c1ccccc1n2C[C@H](O)COc1cccc2[nH]c3ccccc3c12. The number of aromatic nitrogens is 2. The van der Waals surface area contributed by atoms with E-state index in [0.717, 1.165) is 49.4 Å². The van der Waals surface area contributed by atoms with Crippen molar-refractivity contribution < 1.29 is 29.2 Å². The zero-order valence-electron chi connectivity index (χ0n) is 26.8. The van der Waals surface area contributed by atoms with Crippen molar-refractivity contribution in [2.24, 2.45) is 0 Å². The van der Waals surface area contributed by atoms with E-state index in [0.29, 0.717) is 43.5 Å². The fraction of sp³-hybridized carbons (Fsp3) is 0.231. The van der Waals surface area contributed by atoms with Gasteiger partial charge in [-0.1, -0.05) is 60.7 Å². The quantitative estimate of drug-likeness (QED) is 0.0972. The second-order valence-corrected chi connectivity index (χ2v) is 11.8. The second kappa shape index (κ2) is 14.3. The number of hydrogen-bond donors (Lipinski definition) is 4. The van der Waals surface area contributed by atoms with Crippen molar-refractivity contribution in [3.63, 3.8) is 0 Å². The van der Waals surface area contributed by atoms with Gasteiger partial charge in [0.2, 0.25) is 0 Å². The topological polar surface area (TPSA) is 110 Å². The third-order valence-corrected chi connectivity index (χ3v) is 8.49. The summed E-state index contributed by atoms with van der Waals surface area (Å²) < 4.78 is 25.7. The minimum absolute atomic E-state index is 0.120. The molecule has 0 aliphatic carbocycles. The number of methoxy groups -OCH3 is 1. The van der Waals surface area contributed by atoms with E-state index < -0.39 is 12.2 Å². The summed E-state index contributed by atoms with van der Waals surface area (Å²) in [5.74, 6) is 2.78. The molecule has 0 saturated carbocycles. The van der Waals surface area contributed by atoms with Crippen LogP contribution >= 0.6 is 0 Å². The summed E-state index contributed by atoms with van der Waals surface area (Å²) in [5, 5.41) is 29.2. The molecule has 0 spiro atoms. The van der Waals surface area contributed by atoms with Crippen LogP contribution in [0.15, 0.2) is 109 Å². The Morgan fingerprint density at radius 2 is 1.25 bits per heavy atom. The molecule has 48 heavy (non-hydrogen) atoms. The predicted octanol–water partition coefficient (Wildman–Crippen LogP) is 6.29. The van der Waals surface area contributed by atoms with Crippen LogP contribution in [0.3, 0.4) is 0 Å². The minimum Gasteiger partial charge on any atom is -0.493 e. The van der Waals surface area contributed by atoms with Crippen LogP contribution in [0.5, 0.6) is 23.0 Å². The first-order valence-corrected chi connectivity index (χ1v) is 16.2. The number of ether oxygens (including phenoxy) is 4. The predicted molar refractivity (Wildman–Crippen MR) is 190 cm³/mol. The van der Waals surface area contributed by atoms with E-state index in [4.69, 9.17) is 18.9 Å². The molecule has 0 fully saturated rings. The summed E-state index contributed by atoms with van der Waals surface area (Å²) in [6.07, 6.45) is -1.49. The van der Waals surface area contributed by atoms with Gasteiger partial charge in [0.05, 0.1) is 24.7 Å². The molecule has 9 heteroatoms. The number of fused-ring (bicyclic) bond motifs is 6. The third-order valence-electron chi connectivity index (χ3n) is 8.49. The first kappa shape index (κ1) is 31.4. The molecule has 246 valence electrons. The fourth-order valence-electron chi connectivity index (χ4n) is 6.31. The molecule has 0 saturated heterocycles. The van der Waals surface area contributed by atoms with Crippen molar-refractivity contribution in [1.82, 2.24) is 14.9 Å². The zero-order valence-corrected chi connectivity index (χ0v) is 26.8. The standard InChI is InChI=1S/C39H39N3O6/c1-45-34-16-6-7-17-35(34)46-21-20-40-22-26(43)24-47-37-19-9-15-33-39(37)29-11-3-5-14-32(29)42(33)23-27(44)25-48-36-18-8-13-31-38(36)28-10-2-4-12-30(28)41-31/h2-19,26-27,40-41,43-44H,20-25H2,1H3/t26-,27+/m1/s1. The average Bonchev–Trinajstić information content (AvgIpc) is 3.66. The first-order chi connectivity index (χ1) is 23.6. The fourth-order valence-corrected chi connectivity index (χ4v) is 6.31. The molecular weight excluding hydrogens is 606 g/mol. The molecule has 4 N–H and O–H groups in total. The van der Waals surface area contributed by atoms with Crippen molar-refractivity contribution in [2.45, 2.75) is 18.8 Å². The molecule has 2 atom stereocenters. The number of aromatic amines is 1. The molecule has 0 unspecified atom stereocenters. The van der Waals surface area contributed by atoms with E-state index in [9.17, 15) is 10.2 Å². The molecule has 0 radical (unpaired) electrons. The monoisotopic (exact) mass is 645 g/mol. The van der Waals surface area contributed by atoms with Crippen molar-refractivity contribution in [3.05, 3.63) is 109 Å². The molecule has 2 aromatic heterocycles. The van der Waals surface area contributed by atoms with Crippen LogP contribution in [0.2, 0.25) is 0 Å². The highest BCUT2D eigenvalue weighted by atomic mass is 16.5. The van der Waals surface area contributed by atoms with Gasteiger partial charge in [-0.3, -0.25) is 0 Å². The number of para-hydroxylation sites is 4. The molecule has 0 amide bonds. The molecule has 0 bridgehead atoms. The highest BCUT2D eigenvalue weighted by molar-refractivity contribution is 6.11. The number of hydrogen-bond acceptors (Lipinski definition) is 7. The Hall–Kier alpha value is -5.22. The summed E-state index contributed by atoms with van der Waals surface area (Å²) in [6, 6.07) is 35.6. The van der Waals surface area contributed by atoms with Gasteiger partial charge in [0.1, 0.15) is 43.5 Å². The average molecular weight is 646 g/mol. The Morgan fingerprint density at radius 3 is 2.08 bits per heavy atom. The number of aliphatic hydroxyl groups is 2. The highest BCUT2D eigenvalue weighted by Crippen LogP contribution is 2.37.